The molecular formula is C8H12ClF3O2S. The van der Waals surface area contributed by atoms with Gasteiger partial charge in [0, 0.05) is 17.1 Å². The maximum Gasteiger partial charge on any atom is 0.389 e. The van der Waals surface area contributed by atoms with Gasteiger partial charge < -0.3 is 0 Å². The lowest BCUT2D eigenvalue weighted by atomic mass is 10.0. The van der Waals surface area contributed by atoms with Gasteiger partial charge in [0.25, 0.3) is 0 Å². The van der Waals surface area contributed by atoms with Crippen LogP contribution in [0.25, 0.3) is 0 Å². The molecule has 0 heterocycles. The van der Waals surface area contributed by atoms with Gasteiger partial charge in [-0.2, -0.15) is 13.2 Å². The largest absolute Gasteiger partial charge is 0.389 e. The molecule has 0 N–H and O–H groups in total. The molecule has 0 saturated heterocycles. The summed E-state index contributed by atoms with van der Waals surface area (Å²) >= 11 is 0. The van der Waals surface area contributed by atoms with Crippen molar-refractivity contribution in [1.29, 1.82) is 0 Å². The summed E-state index contributed by atoms with van der Waals surface area (Å²) < 4.78 is 57.2. The molecule has 0 aliphatic heterocycles. The van der Waals surface area contributed by atoms with E-state index in [9.17, 15) is 21.6 Å². The van der Waals surface area contributed by atoms with Crippen LogP contribution in [0.4, 0.5) is 13.2 Å². The Bertz CT molecular complexity index is 332. The van der Waals surface area contributed by atoms with E-state index in [0.29, 0.717) is 12.8 Å². The fraction of sp³-hybridized carbons (Fsp3) is 1.00. The van der Waals surface area contributed by atoms with Crippen molar-refractivity contribution in [2.75, 3.05) is 0 Å². The lowest BCUT2D eigenvalue weighted by Gasteiger charge is -2.18. The Hall–Kier alpha value is 0.0300. The molecule has 0 bridgehead atoms. The molecule has 15 heavy (non-hydrogen) atoms. The highest BCUT2D eigenvalue weighted by Gasteiger charge is 2.54. The van der Waals surface area contributed by atoms with Crippen LogP contribution in [0.1, 0.15) is 32.6 Å². The van der Waals surface area contributed by atoms with Crippen molar-refractivity contribution in [2.24, 2.45) is 5.92 Å². The smallest absolute Gasteiger partial charge is 0.212 e. The van der Waals surface area contributed by atoms with Gasteiger partial charge in [0.15, 0.2) is 0 Å². The monoisotopic (exact) mass is 264 g/mol. The van der Waals surface area contributed by atoms with Crippen LogP contribution in [0.3, 0.4) is 0 Å². The lowest BCUT2D eigenvalue weighted by Crippen LogP contribution is -2.24. The molecule has 0 amide bonds. The fourth-order valence-electron chi connectivity index (χ4n) is 1.79. The summed E-state index contributed by atoms with van der Waals surface area (Å²) in [5.74, 6) is -0.707. The minimum atomic E-state index is -4.24. The maximum atomic E-state index is 12.0. The summed E-state index contributed by atoms with van der Waals surface area (Å²) in [5.41, 5.74) is 0. The number of hydrogen-bond acceptors (Lipinski definition) is 2. The normalized spacial score (nSPS) is 22.5. The second-order valence-electron chi connectivity index (χ2n) is 4.25. The molecule has 1 fully saturated rings. The molecule has 7 heteroatoms. The molecule has 2 nitrogen and oxygen atoms in total. The molecule has 1 unspecified atom stereocenters. The van der Waals surface area contributed by atoms with Crippen molar-refractivity contribution >= 4 is 19.7 Å². The zero-order valence-electron chi connectivity index (χ0n) is 8.14. The summed E-state index contributed by atoms with van der Waals surface area (Å²) in [5, 5.41) is 0. The van der Waals surface area contributed by atoms with Crippen molar-refractivity contribution in [3.63, 3.8) is 0 Å². The maximum absolute atomic E-state index is 12.0. The van der Waals surface area contributed by atoms with E-state index >= 15 is 0 Å². The Morgan fingerprint density at radius 1 is 1.40 bits per heavy atom. The summed E-state index contributed by atoms with van der Waals surface area (Å²) in [6, 6.07) is 0. The average Bonchev–Trinajstić information content (AvgIpc) is 2.61. The second-order valence-corrected chi connectivity index (χ2v) is 7.21. The van der Waals surface area contributed by atoms with E-state index in [0.717, 1.165) is 0 Å². The van der Waals surface area contributed by atoms with Gasteiger partial charge in [-0.3, -0.25) is 0 Å². The summed E-state index contributed by atoms with van der Waals surface area (Å²) in [6.45, 7) is 1.40. The van der Waals surface area contributed by atoms with Gasteiger partial charge in [0.1, 0.15) is 0 Å². The number of halogens is 4. The zero-order valence-corrected chi connectivity index (χ0v) is 9.71. The first-order valence-corrected chi connectivity index (χ1v) is 6.88. The van der Waals surface area contributed by atoms with Crippen molar-refractivity contribution in [2.45, 2.75) is 43.5 Å². The Morgan fingerprint density at radius 2 is 1.87 bits per heavy atom. The molecule has 1 saturated carbocycles. The number of alkyl halides is 3. The van der Waals surface area contributed by atoms with Crippen LogP contribution in [0.5, 0.6) is 0 Å². The van der Waals surface area contributed by atoms with Crippen LogP contribution in [0.2, 0.25) is 0 Å². The molecule has 1 rings (SSSR count). The van der Waals surface area contributed by atoms with Crippen LogP contribution in [-0.4, -0.2) is 19.3 Å². The third-order valence-corrected chi connectivity index (χ3v) is 5.22. The van der Waals surface area contributed by atoms with Crippen molar-refractivity contribution in [1.82, 2.24) is 0 Å². The molecule has 0 aromatic heterocycles. The summed E-state index contributed by atoms with van der Waals surface area (Å²) in [4.78, 5) is 0. The molecule has 0 spiro atoms. The minimum Gasteiger partial charge on any atom is -0.212 e. The first-order valence-electron chi connectivity index (χ1n) is 4.57. The highest BCUT2D eigenvalue weighted by Crippen LogP contribution is 2.51. The Kier molecular flexibility index (Phi) is 3.32. The second kappa shape index (κ2) is 3.80. The van der Waals surface area contributed by atoms with Crippen molar-refractivity contribution < 1.29 is 21.6 Å². The van der Waals surface area contributed by atoms with E-state index < -0.39 is 32.3 Å². The molecule has 1 atom stereocenters. The summed E-state index contributed by atoms with van der Waals surface area (Å²) in [7, 11) is 1.46. The van der Waals surface area contributed by atoms with E-state index in [1.165, 1.54) is 6.92 Å². The van der Waals surface area contributed by atoms with E-state index in [1.54, 1.807) is 0 Å². The third kappa shape index (κ3) is 3.52. The topological polar surface area (TPSA) is 34.1 Å². The Labute approximate surface area is 91.2 Å². The van der Waals surface area contributed by atoms with E-state index in [1.807, 2.05) is 0 Å². The van der Waals surface area contributed by atoms with Crippen molar-refractivity contribution in [3.8, 4) is 0 Å². The van der Waals surface area contributed by atoms with E-state index in [4.69, 9.17) is 10.7 Å². The zero-order chi connectivity index (χ0) is 11.9. The van der Waals surface area contributed by atoms with Crippen LogP contribution >= 0.6 is 10.7 Å². The molecule has 0 aromatic rings. The van der Waals surface area contributed by atoms with E-state index in [-0.39, 0.29) is 6.42 Å². The number of rotatable bonds is 4. The molecule has 1 aliphatic carbocycles. The molecule has 0 radical (unpaired) electrons. The highest BCUT2D eigenvalue weighted by molar-refractivity contribution is 8.15. The van der Waals surface area contributed by atoms with Gasteiger partial charge in [-0.25, -0.2) is 8.42 Å². The van der Waals surface area contributed by atoms with E-state index in [2.05, 4.69) is 0 Å². The van der Waals surface area contributed by atoms with Crippen LogP contribution in [0, 0.1) is 5.92 Å². The van der Waals surface area contributed by atoms with Gasteiger partial charge in [-0.15, -0.1) is 0 Å². The fourth-order valence-corrected chi connectivity index (χ4v) is 3.51. The van der Waals surface area contributed by atoms with Gasteiger partial charge in [0.2, 0.25) is 9.05 Å². The molecule has 90 valence electrons. The third-order valence-electron chi connectivity index (χ3n) is 2.63. The number of hydrogen-bond donors (Lipinski definition) is 0. The van der Waals surface area contributed by atoms with Crippen molar-refractivity contribution in [3.05, 3.63) is 0 Å². The standard InChI is InChI=1S/C8H12ClF3O2S/c1-6(5-8(10,11)12)4-7(2-3-7)15(9,13)14/h6H,2-5H2,1H3. The predicted octanol–water partition coefficient (Wildman–Crippen LogP) is 3.07. The van der Waals surface area contributed by atoms with Gasteiger partial charge in [-0.1, -0.05) is 6.92 Å². The Morgan fingerprint density at radius 3 is 2.13 bits per heavy atom. The van der Waals surface area contributed by atoms with Gasteiger partial charge >= 0.3 is 6.18 Å². The van der Waals surface area contributed by atoms with Crippen LogP contribution < -0.4 is 0 Å². The molecular weight excluding hydrogens is 253 g/mol. The summed E-state index contributed by atoms with van der Waals surface area (Å²) in [6.07, 6.45) is -4.45. The van der Waals surface area contributed by atoms with Crippen LogP contribution in [0.15, 0.2) is 0 Å². The van der Waals surface area contributed by atoms with Gasteiger partial charge in [-0.05, 0) is 25.2 Å². The Balaban J connectivity index is 2.57. The predicted molar refractivity (Wildman–Crippen MR) is 51.2 cm³/mol. The molecule has 1 aliphatic rings. The first-order chi connectivity index (χ1) is 6.56. The quantitative estimate of drug-likeness (QED) is 0.732. The first kappa shape index (κ1) is 13.1. The SMILES string of the molecule is CC(CC(F)(F)F)CC1(S(=O)(=O)Cl)CC1. The van der Waals surface area contributed by atoms with Gasteiger partial charge in [0.05, 0.1) is 4.75 Å². The van der Waals surface area contributed by atoms with Crippen LogP contribution in [-0.2, 0) is 9.05 Å². The lowest BCUT2D eigenvalue weighted by molar-refractivity contribution is -0.143. The minimum absolute atomic E-state index is 0.00164. The molecule has 0 aromatic carbocycles. The highest BCUT2D eigenvalue weighted by atomic mass is 35.7. The average molecular weight is 265 g/mol.